The quantitative estimate of drug-likeness (QED) is 0.923. The Balaban J connectivity index is 2.30. The Kier molecular flexibility index (Phi) is 2.82. The molecule has 2 N–H and O–H groups in total. The maximum atomic E-state index is 13.1. The van der Waals surface area contributed by atoms with Crippen molar-refractivity contribution in [2.24, 2.45) is 7.05 Å². The number of halogens is 2. The molecule has 0 atom stereocenters. The average Bonchev–Trinajstić information content (AvgIpc) is 2.43. The van der Waals surface area contributed by atoms with Crippen molar-refractivity contribution in [2.45, 2.75) is 0 Å². The van der Waals surface area contributed by atoms with Gasteiger partial charge in [0.25, 0.3) is 5.88 Å². The molecule has 2 aromatic rings. The molecular weight excluding hydrogens is 277 g/mol. The third-order valence-corrected chi connectivity index (χ3v) is 2.33. The van der Waals surface area contributed by atoms with Crippen molar-refractivity contribution in [1.29, 1.82) is 0 Å². The van der Waals surface area contributed by atoms with E-state index in [1.807, 2.05) is 0 Å². The first-order chi connectivity index (χ1) is 7.54. The number of aryl methyl sites for hydroxylation is 1. The van der Waals surface area contributed by atoms with Gasteiger partial charge < -0.3 is 10.5 Å². The minimum Gasteiger partial charge on any atom is -0.436 e. The summed E-state index contributed by atoms with van der Waals surface area (Å²) in [6, 6.07) is 4.24. The van der Waals surface area contributed by atoms with Crippen molar-refractivity contribution in [3.63, 3.8) is 0 Å². The van der Waals surface area contributed by atoms with Gasteiger partial charge in [0.15, 0.2) is 0 Å². The van der Waals surface area contributed by atoms with Crippen LogP contribution in [0.2, 0.25) is 0 Å². The standard InChI is InChI=1S/C10H9BrFN3O/c1-15-5-9(13)10(14-15)16-8-3-6(11)2-7(12)4-8/h2-5H,13H2,1H3. The largest absolute Gasteiger partial charge is 0.436 e. The van der Waals surface area contributed by atoms with E-state index in [1.165, 1.54) is 16.8 Å². The first-order valence-electron chi connectivity index (χ1n) is 4.47. The molecule has 0 aliphatic rings. The van der Waals surface area contributed by atoms with Gasteiger partial charge in [-0.3, -0.25) is 4.68 Å². The van der Waals surface area contributed by atoms with E-state index in [0.717, 1.165) is 0 Å². The van der Waals surface area contributed by atoms with Gasteiger partial charge >= 0.3 is 0 Å². The number of rotatable bonds is 2. The van der Waals surface area contributed by atoms with Crippen LogP contribution in [0.3, 0.4) is 0 Å². The molecule has 2 rings (SSSR count). The third kappa shape index (κ3) is 2.33. The fraction of sp³-hybridized carbons (Fsp3) is 0.100. The smallest absolute Gasteiger partial charge is 0.261 e. The van der Waals surface area contributed by atoms with E-state index >= 15 is 0 Å². The summed E-state index contributed by atoms with van der Waals surface area (Å²) in [5, 5.41) is 4.00. The van der Waals surface area contributed by atoms with E-state index in [9.17, 15) is 4.39 Å². The molecule has 0 spiro atoms. The van der Waals surface area contributed by atoms with Gasteiger partial charge in [-0.1, -0.05) is 15.9 Å². The third-order valence-electron chi connectivity index (χ3n) is 1.87. The van der Waals surface area contributed by atoms with Gasteiger partial charge in [-0.05, 0) is 12.1 Å². The molecule has 1 aromatic heterocycles. The maximum Gasteiger partial charge on any atom is 0.261 e. The number of benzene rings is 1. The number of nitrogens with zero attached hydrogens (tertiary/aromatic N) is 2. The van der Waals surface area contributed by atoms with Gasteiger partial charge in [0.05, 0.1) is 6.20 Å². The van der Waals surface area contributed by atoms with Gasteiger partial charge in [0.1, 0.15) is 17.3 Å². The van der Waals surface area contributed by atoms with Crippen molar-refractivity contribution >= 4 is 21.6 Å². The number of anilines is 1. The number of nitrogen functional groups attached to an aromatic ring is 1. The molecule has 84 valence electrons. The fourth-order valence-corrected chi connectivity index (χ4v) is 1.71. The van der Waals surface area contributed by atoms with Crippen LogP contribution >= 0.6 is 15.9 Å². The average molecular weight is 286 g/mol. The molecule has 0 amide bonds. The van der Waals surface area contributed by atoms with Gasteiger partial charge in [0.2, 0.25) is 0 Å². The number of aromatic nitrogens is 2. The van der Waals surface area contributed by atoms with Gasteiger partial charge in [-0.15, -0.1) is 5.10 Å². The summed E-state index contributed by atoms with van der Waals surface area (Å²) in [5.41, 5.74) is 6.06. The monoisotopic (exact) mass is 285 g/mol. The molecule has 0 aliphatic heterocycles. The molecule has 0 bridgehead atoms. The molecular formula is C10H9BrFN3O. The topological polar surface area (TPSA) is 53.1 Å². The molecule has 4 nitrogen and oxygen atoms in total. The van der Waals surface area contributed by atoms with Crippen LogP contribution in [0.15, 0.2) is 28.9 Å². The Morgan fingerprint density at radius 2 is 2.19 bits per heavy atom. The summed E-state index contributed by atoms with van der Waals surface area (Å²) in [4.78, 5) is 0. The van der Waals surface area contributed by atoms with Crippen LogP contribution < -0.4 is 10.5 Å². The molecule has 1 aromatic carbocycles. The molecule has 1 heterocycles. The zero-order valence-electron chi connectivity index (χ0n) is 8.45. The second-order valence-corrected chi connectivity index (χ2v) is 4.19. The lowest BCUT2D eigenvalue weighted by atomic mass is 10.3. The van der Waals surface area contributed by atoms with Gasteiger partial charge in [-0.25, -0.2) is 4.39 Å². The van der Waals surface area contributed by atoms with Crippen LogP contribution in [0.4, 0.5) is 10.1 Å². The molecule has 0 aliphatic carbocycles. The van der Waals surface area contributed by atoms with Crippen LogP contribution in [0.25, 0.3) is 0 Å². The van der Waals surface area contributed by atoms with E-state index < -0.39 is 0 Å². The Labute approximate surface area is 99.9 Å². The number of ether oxygens (including phenoxy) is 1. The van der Waals surface area contributed by atoms with E-state index in [1.54, 1.807) is 19.3 Å². The zero-order chi connectivity index (χ0) is 11.7. The minimum atomic E-state index is -0.390. The molecule has 0 saturated carbocycles. The molecule has 0 radical (unpaired) electrons. The van der Waals surface area contributed by atoms with Crippen LogP contribution in [0.5, 0.6) is 11.6 Å². The van der Waals surface area contributed by atoms with E-state index in [-0.39, 0.29) is 11.7 Å². The summed E-state index contributed by atoms with van der Waals surface area (Å²) in [6.45, 7) is 0. The summed E-state index contributed by atoms with van der Waals surface area (Å²) in [5.74, 6) is 0.219. The van der Waals surface area contributed by atoms with E-state index in [2.05, 4.69) is 21.0 Å². The summed E-state index contributed by atoms with van der Waals surface area (Å²) < 4.78 is 20.6. The molecule has 16 heavy (non-hydrogen) atoms. The minimum absolute atomic E-state index is 0.264. The Morgan fingerprint density at radius 1 is 1.44 bits per heavy atom. The molecule has 6 heteroatoms. The second kappa shape index (κ2) is 4.13. The predicted molar refractivity (Wildman–Crippen MR) is 61.8 cm³/mol. The van der Waals surface area contributed by atoms with Crippen molar-refractivity contribution in [2.75, 3.05) is 5.73 Å². The van der Waals surface area contributed by atoms with Crippen molar-refractivity contribution in [3.8, 4) is 11.6 Å². The van der Waals surface area contributed by atoms with E-state index in [0.29, 0.717) is 15.9 Å². The molecule has 0 unspecified atom stereocenters. The van der Waals surface area contributed by atoms with Crippen molar-refractivity contribution in [1.82, 2.24) is 9.78 Å². The number of hydrogen-bond donors (Lipinski definition) is 1. The van der Waals surface area contributed by atoms with Crippen molar-refractivity contribution in [3.05, 3.63) is 34.7 Å². The Bertz CT molecular complexity index is 507. The first-order valence-corrected chi connectivity index (χ1v) is 5.27. The van der Waals surface area contributed by atoms with Crippen molar-refractivity contribution < 1.29 is 9.13 Å². The first kappa shape index (κ1) is 10.9. The summed E-state index contributed by atoms with van der Waals surface area (Å²) >= 11 is 3.17. The zero-order valence-corrected chi connectivity index (χ0v) is 10.0. The Morgan fingerprint density at radius 3 is 2.75 bits per heavy atom. The number of hydrogen-bond acceptors (Lipinski definition) is 3. The van der Waals surface area contributed by atoms with Gasteiger partial charge in [-0.2, -0.15) is 0 Å². The lowest BCUT2D eigenvalue weighted by molar-refractivity contribution is 0.451. The second-order valence-electron chi connectivity index (χ2n) is 3.27. The lowest BCUT2D eigenvalue weighted by Gasteiger charge is -2.03. The highest BCUT2D eigenvalue weighted by Crippen LogP contribution is 2.28. The summed E-state index contributed by atoms with van der Waals surface area (Å²) in [7, 11) is 1.73. The highest BCUT2D eigenvalue weighted by Gasteiger charge is 2.08. The van der Waals surface area contributed by atoms with Gasteiger partial charge in [0, 0.05) is 17.6 Å². The highest BCUT2D eigenvalue weighted by atomic mass is 79.9. The molecule has 0 fully saturated rings. The lowest BCUT2D eigenvalue weighted by Crippen LogP contribution is -1.91. The van der Waals surface area contributed by atoms with Crippen LogP contribution in [0, 0.1) is 5.82 Å². The van der Waals surface area contributed by atoms with Crippen LogP contribution in [-0.4, -0.2) is 9.78 Å². The summed E-state index contributed by atoms with van der Waals surface area (Å²) in [6.07, 6.45) is 1.61. The fourth-order valence-electron chi connectivity index (χ4n) is 1.26. The van der Waals surface area contributed by atoms with Crippen LogP contribution in [0.1, 0.15) is 0 Å². The number of nitrogens with two attached hydrogens (primary N) is 1. The van der Waals surface area contributed by atoms with Crippen LogP contribution in [-0.2, 0) is 7.05 Å². The normalized spacial score (nSPS) is 10.4. The van der Waals surface area contributed by atoms with E-state index in [4.69, 9.17) is 10.5 Å². The molecule has 0 saturated heterocycles. The maximum absolute atomic E-state index is 13.1. The predicted octanol–water partition coefficient (Wildman–Crippen LogP) is 2.70. The SMILES string of the molecule is Cn1cc(N)c(Oc2cc(F)cc(Br)c2)n1. The Hall–Kier alpha value is -1.56. The highest BCUT2D eigenvalue weighted by molar-refractivity contribution is 9.10.